The van der Waals surface area contributed by atoms with Gasteiger partial charge in [0.05, 0.1) is 9.82 Å². The van der Waals surface area contributed by atoms with Crippen LogP contribution in [0.15, 0.2) is 23.1 Å². The molecule has 1 fully saturated rings. The van der Waals surface area contributed by atoms with Crippen LogP contribution in [0.2, 0.25) is 0 Å². The maximum absolute atomic E-state index is 12.6. The SMILES string of the molecule is CCN(CC)S(=O)(=O)c1ccc(NNC(=S)NC2CCCCC2)c([N+](=O)[O-])c1. The van der Waals surface area contributed by atoms with Crippen LogP contribution in [0.5, 0.6) is 0 Å². The monoisotopic (exact) mass is 429 g/mol. The third kappa shape index (κ3) is 5.52. The van der Waals surface area contributed by atoms with Crippen molar-refractivity contribution in [3.8, 4) is 0 Å². The van der Waals surface area contributed by atoms with Gasteiger partial charge in [-0.2, -0.15) is 4.31 Å². The lowest BCUT2D eigenvalue weighted by atomic mass is 9.96. The van der Waals surface area contributed by atoms with E-state index in [1.165, 1.54) is 22.9 Å². The maximum Gasteiger partial charge on any atom is 0.295 e. The summed E-state index contributed by atoms with van der Waals surface area (Å²) in [4.78, 5) is 10.7. The quantitative estimate of drug-likeness (QED) is 0.328. The van der Waals surface area contributed by atoms with Crippen molar-refractivity contribution in [3.05, 3.63) is 28.3 Å². The summed E-state index contributed by atoms with van der Waals surface area (Å²) in [6, 6.07) is 4.08. The zero-order chi connectivity index (χ0) is 20.7. The Balaban J connectivity index is 2.12. The molecule has 11 heteroatoms. The van der Waals surface area contributed by atoms with Crippen LogP contribution in [-0.2, 0) is 10.0 Å². The lowest BCUT2D eigenvalue weighted by Gasteiger charge is -2.24. The minimum Gasteiger partial charge on any atom is -0.359 e. The molecular weight excluding hydrogens is 402 g/mol. The van der Waals surface area contributed by atoms with Gasteiger partial charge < -0.3 is 5.32 Å². The first kappa shape index (κ1) is 22.3. The number of nitro benzene ring substituents is 1. The highest BCUT2D eigenvalue weighted by Gasteiger charge is 2.25. The molecular formula is C17H27N5O4S2. The Labute approximate surface area is 171 Å². The Morgan fingerprint density at radius 3 is 2.46 bits per heavy atom. The Hall–Kier alpha value is -1.98. The van der Waals surface area contributed by atoms with E-state index in [4.69, 9.17) is 12.2 Å². The van der Waals surface area contributed by atoms with Crippen LogP contribution in [0.3, 0.4) is 0 Å². The van der Waals surface area contributed by atoms with Gasteiger partial charge >= 0.3 is 0 Å². The molecule has 0 heterocycles. The Morgan fingerprint density at radius 1 is 1.25 bits per heavy atom. The topological polar surface area (TPSA) is 117 Å². The van der Waals surface area contributed by atoms with Crippen molar-refractivity contribution in [2.75, 3.05) is 18.5 Å². The van der Waals surface area contributed by atoms with Crippen molar-refractivity contribution in [1.82, 2.24) is 15.0 Å². The van der Waals surface area contributed by atoms with Gasteiger partial charge in [0.1, 0.15) is 5.69 Å². The van der Waals surface area contributed by atoms with Gasteiger partial charge in [-0.3, -0.25) is 21.0 Å². The smallest absolute Gasteiger partial charge is 0.295 e. The van der Waals surface area contributed by atoms with Gasteiger partial charge in [-0.25, -0.2) is 8.42 Å². The molecule has 9 nitrogen and oxygen atoms in total. The zero-order valence-electron chi connectivity index (χ0n) is 16.1. The number of nitrogens with one attached hydrogen (secondary N) is 3. The molecule has 0 atom stereocenters. The van der Waals surface area contributed by atoms with Gasteiger partial charge in [0, 0.05) is 25.2 Å². The molecule has 0 radical (unpaired) electrons. The largest absolute Gasteiger partial charge is 0.359 e. The highest BCUT2D eigenvalue weighted by Crippen LogP contribution is 2.28. The summed E-state index contributed by atoms with van der Waals surface area (Å²) in [6.07, 6.45) is 5.62. The number of thiocarbonyl (C=S) groups is 1. The molecule has 1 saturated carbocycles. The van der Waals surface area contributed by atoms with Gasteiger partial charge in [-0.15, -0.1) is 0 Å². The average Bonchev–Trinajstić information content (AvgIpc) is 2.67. The molecule has 2 rings (SSSR count). The summed E-state index contributed by atoms with van der Waals surface area (Å²) >= 11 is 5.24. The summed E-state index contributed by atoms with van der Waals surface area (Å²) in [5, 5.41) is 15.0. The summed E-state index contributed by atoms with van der Waals surface area (Å²) in [5.41, 5.74) is 5.26. The number of benzene rings is 1. The second-order valence-corrected chi connectivity index (χ2v) is 8.93. The minimum absolute atomic E-state index is 0.114. The molecule has 28 heavy (non-hydrogen) atoms. The minimum atomic E-state index is -3.78. The third-order valence-corrected chi connectivity index (χ3v) is 7.03. The van der Waals surface area contributed by atoms with Crippen molar-refractivity contribution in [2.45, 2.75) is 56.9 Å². The Kier molecular flexibility index (Phi) is 7.96. The van der Waals surface area contributed by atoms with Crippen molar-refractivity contribution in [1.29, 1.82) is 0 Å². The summed E-state index contributed by atoms with van der Waals surface area (Å²) < 4.78 is 26.5. The first-order valence-corrected chi connectivity index (χ1v) is 11.3. The van der Waals surface area contributed by atoms with Crippen LogP contribution in [-0.4, -0.2) is 41.9 Å². The third-order valence-electron chi connectivity index (χ3n) is 4.76. The van der Waals surface area contributed by atoms with Crippen molar-refractivity contribution >= 4 is 38.7 Å². The fraction of sp³-hybridized carbons (Fsp3) is 0.588. The standard InChI is InChI=1S/C17H27N5O4S2/c1-3-21(4-2)28(25,26)14-10-11-15(16(12-14)22(23)24)19-20-17(27)18-13-8-6-5-7-9-13/h10-13,19H,3-9H2,1-2H3,(H2,18,20,27). The number of hydrogen-bond acceptors (Lipinski definition) is 6. The fourth-order valence-corrected chi connectivity index (χ4v) is 4.93. The Morgan fingerprint density at radius 2 is 1.89 bits per heavy atom. The van der Waals surface area contributed by atoms with E-state index in [0.717, 1.165) is 31.7 Å². The lowest BCUT2D eigenvalue weighted by molar-refractivity contribution is -0.384. The number of hydrazine groups is 1. The van der Waals surface area contributed by atoms with E-state index in [9.17, 15) is 18.5 Å². The van der Waals surface area contributed by atoms with E-state index in [0.29, 0.717) is 11.2 Å². The van der Waals surface area contributed by atoms with Crippen LogP contribution in [0.1, 0.15) is 46.0 Å². The number of nitrogens with zero attached hydrogens (tertiary/aromatic N) is 2. The summed E-state index contributed by atoms with van der Waals surface area (Å²) in [5.74, 6) is 0. The highest BCUT2D eigenvalue weighted by molar-refractivity contribution is 7.89. The first-order valence-electron chi connectivity index (χ1n) is 9.40. The molecule has 0 bridgehead atoms. The van der Waals surface area contributed by atoms with E-state index in [2.05, 4.69) is 16.2 Å². The normalized spacial score (nSPS) is 15.2. The van der Waals surface area contributed by atoms with E-state index in [1.54, 1.807) is 13.8 Å². The molecule has 0 unspecified atom stereocenters. The second-order valence-electron chi connectivity index (χ2n) is 6.58. The summed E-state index contributed by atoms with van der Waals surface area (Å²) in [6.45, 7) is 4.01. The molecule has 3 N–H and O–H groups in total. The van der Waals surface area contributed by atoms with Crippen LogP contribution in [0, 0.1) is 10.1 Å². The maximum atomic E-state index is 12.6. The van der Waals surface area contributed by atoms with Gasteiger partial charge in [0.15, 0.2) is 5.11 Å². The second kappa shape index (κ2) is 9.99. The summed E-state index contributed by atoms with van der Waals surface area (Å²) in [7, 11) is -3.78. The van der Waals surface area contributed by atoms with Crippen LogP contribution in [0.25, 0.3) is 0 Å². The number of anilines is 1. The van der Waals surface area contributed by atoms with Crippen LogP contribution >= 0.6 is 12.2 Å². The molecule has 156 valence electrons. The van der Waals surface area contributed by atoms with Crippen molar-refractivity contribution in [2.24, 2.45) is 0 Å². The number of sulfonamides is 1. The van der Waals surface area contributed by atoms with E-state index < -0.39 is 14.9 Å². The van der Waals surface area contributed by atoms with Crippen LogP contribution < -0.4 is 16.2 Å². The molecule has 1 aromatic carbocycles. The molecule has 0 saturated heterocycles. The average molecular weight is 430 g/mol. The van der Waals surface area contributed by atoms with E-state index in [1.807, 2.05) is 0 Å². The highest BCUT2D eigenvalue weighted by atomic mass is 32.2. The molecule has 1 aliphatic carbocycles. The number of hydrogen-bond donors (Lipinski definition) is 3. The van der Waals surface area contributed by atoms with Gasteiger partial charge in [0.2, 0.25) is 10.0 Å². The molecule has 1 aromatic rings. The van der Waals surface area contributed by atoms with Crippen molar-refractivity contribution < 1.29 is 13.3 Å². The molecule has 0 spiro atoms. The zero-order valence-corrected chi connectivity index (χ0v) is 17.7. The first-order chi connectivity index (χ1) is 13.3. The predicted octanol–water partition coefficient (Wildman–Crippen LogP) is 2.75. The molecule has 0 aromatic heterocycles. The fourth-order valence-electron chi connectivity index (χ4n) is 3.23. The molecule has 0 amide bonds. The molecule has 0 aliphatic heterocycles. The van der Waals surface area contributed by atoms with Crippen molar-refractivity contribution in [3.63, 3.8) is 0 Å². The van der Waals surface area contributed by atoms with E-state index in [-0.39, 0.29) is 29.4 Å². The predicted molar refractivity (Wildman–Crippen MR) is 113 cm³/mol. The van der Waals surface area contributed by atoms with Gasteiger partial charge in [-0.05, 0) is 37.2 Å². The van der Waals surface area contributed by atoms with E-state index >= 15 is 0 Å². The van der Waals surface area contributed by atoms with Crippen LogP contribution in [0.4, 0.5) is 11.4 Å². The number of rotatable bonds is 8. The van der Waals surface area contributed by atoms with Gasteiger partial charge in [-0.1, -0.05) is 33.1 Å². The van der Waals surface area contributed by atoms with Gasteiger partial charge in [0.25, 0.3) is 5.69 Å². The Bertz CT molecular complexity index is 806. The number of nitro groups is 1. The lowest BCUT2D eigenvalue weighted by Crippen LogP contribution is -2.44. The molecule has 1 aliphatic rings.